The Morgan fingerprint density at radius 2 is 1.04 bits per heavy atom. The molecule has 0 unspecified atom stereocenters. The first kappa shape index (κ1) is 22.4. The Morgan fingerprint density at radius 1 is 0.696 bits per heavy atom. The number of carbonyl (C=O) groups is 1. The minimum atomic E-state index is -0.916. The number of aliphatic carboxylic acids is 1. The number of hydrogen-bond donors (Lipinski definition) is 3. The van der Waals surface area contributed by atoms with Gasteiger partial charge in [-0.2, -0.15) is 0 Å². The number of carboxylic acid groups (broad SMARTS) is 1. The lowest BCUT2D eigenvalue weighted by molar-refractivity contribution is -0.139. The van der Waals surface area contributed by atoms with Crippen LogP contribution in [0.2, 0.25) is 0 Å². The predicted molar refractivity (Wildman–Crippen MR) is 94.6 cm³/mol. The van der Waals surface area contributed by atoms with E-state index in [0.717, 1.165) is 25.7 Å². The first-order chi connectivity index (χ1) is 11.0. The van der Waals surface area contributed by atoms with Crippen molar-refractivity contribution in [1.29, 1.82) is 0 Å². The maximum absolute atomic E-state index is 10.4. The summed E-state index contributed by atoms with van der Waals surface area (Å²) < 4.78 is 0. The van der Waals surface area contributed by atoms with Crippen molar-refractivity contribution in [3.05, 3.63) is 0 Å². The van der Waals surface area contributed by atoms with Gasteiger partial charge in [0.15, 0.2) is 0 Å². The lowest BCUT2D eigenvalue weighted by Gasteiger charge is -2.07. The van der Waals surface area contributed by atoms with Crippen molar-refractivity contribution in [2.24, 2.45) is 0 Å². The Labute approximate surface area is 142 Å². The molecule has 0 saturated carbocycles. The van der Waals surface area contributed by atoms with E-state index in [-0.39, 0.29) is 12.5 Å². The van der Waals surface area contributed by atoms with Gasteiger partial charge in [0.05, 0.1) is 18.6 Å². The van der Waals surface area contributed by atoms with Crippen LogP contribution in [-0.2, 0) is 4.79 Å². The molecular formula is C19H38O4. The van der Waals surface area contributed by atoms with E-state index in [0.29, 0.717) is 6.42 Å². The maximum Gasteiger partial charge on any atom is 0.305 e. The van der Waals surface area contributed by atoms with Crippen LogP contribution in [0.15, 0.2) is 0 Å². The van der Waals surface area contributed by atoms with Gasteiger partial charge < -0.3 is 15.3 Å². The van der Waals surface area contributed by atoms with Crippen molar-refractivity contribution >= 4 is 5.97 Å². The van der Waals surface area contributed by atoms with Gasteiger partial charge in [0.25, 0.3) is 0 Å². The van der Waals surface area contributed by atoms with Crippen LogP contribution in [0.1, 0.15) is 103 Å². The highest BCUT2D eigenvalue weighted by Crippen LogP contribution is 2.14. The molecule has 2 atom stereocenters. The minimum Gasteiger partial charge on any atom is -0.481 e. The lowest BCUT2D eigenvalue weighted by atomic mass is 10.0. The second kappa shape index (κ2) is 16.3. The number of carboxylic acids is 1. The summed E-state index contributed by atoms with van der Waals surface area (Å²) in [5.41, 5.74) is 0. The molecule has 0 saturated heterocycles. The summed E-state index contributed by atoms with van der Waals surface area (Å²) in [6, 6.07) is 0. The van der Waals surface area contributed by atoms with Crippen LogP contribution in [0, 0.1) is 0 Å². The minimum absolute atomic E-state index is 0.126. The van der Waals surface area contributed by atoms with E-state index in [1.807, 2.05) is 6.92 Å². The molecule has 0 aliphatic heterocycles. The summed E-state index contributed by atoms with van der Waals surface area (Å²) in [5.74, 6) is -0.916. The van der Waals surface area contributed by atoms with Crippen molar-refractivity contribution in [2.75, 3.05) is 0 Å². The monoisotopic (exact) mass is 330 g/mol. The highest BCUT2D eigenvalue weighted by Gasteiger charge is 2.08. The van der Waals surface area contributed by atoms with Crippen molar-refractivity contribution in [3.8, 4) is 0 Å². The van der Waals surface area contributed by atoms with Gasteiger partial charge >= 0.3 is 5.97 Å². The molecule has 0 aromatic heterocycles. The molecule has 4 heteroatoms. The first-order valence-electron chi connectivity index (χ1n) is 9.60. The fourth-order valence-corrected chi connectivity index (χ4v) is 2.89. The molecule has 0 rings (SSSR count). The van der Waals surface area contributed by atoms with E-state index in [1.165, 1.54) is 57.8 Å². The van der Waals surface area contributed by atoms with Crippen LogP contribution in [-0.4, -0.2) is 33.5 Å². The second-order valence-electron chi connectivity index (χ2n) is 6.92. The number of aliphatic hydroxyl groups excluding tert-OH is 2. The number of rotatable bonds is 17. The lowest BCUT2D eigenvalue weighted by Crippen LogP contribution is -2.12. The van der Waals surface area contributed by atoms with E-state index in [9.17, 15) is 9.90 Å². The summed E-state index contributed by atoms with van der Waals surface area (Å²) >= 11 is 0. The zero-order valence-corrected chi connectivity index (χ0v) is 15.0. The summed E-state index contributed by atoms with van der Waals surface area (Å²) in [7, 11) is 0. The molecule has 138 valence electrons. The summed E-state index contributed by atoms with van der Waals surface area (Å²) in [6.07, 6.45) is 15.4. The fourth-order valence-electron chi connectivity index (χ4n) is 2.89. The average molecular weight is 331 g/mol. The zero-order valence-electron chi connectivity index (χ0n) is 15.0. The molecule has 0 radical (unpaired) electrons. The van der Waals surface area contributed by atoms with Gasteiger partial charge in [0, 0.05) is 0 Å². The van der Waals surface area contributed by atoms with Crippen molar-refractivity contribution in [1.82, 2.24) is 0 Å². The molecule has 0 aliphatic rings. The van der Waals surface area contributed by atoms with E-state index in [1.54, 1.807) is 0 Å². The third kappa shape index (κ3) is 19.3. The summed E-state index contributed by atoms with van der Waals surface area (Å²) in [6.45, 7) is 1.86. The average Bonchev–Trinajstić information content (AvgIpc) is 2.46. The quantitative estimate of drug-likeness (QED) is 0.339. The number of hydrogen-bond acceptors (Lipinski definition) is 3. The Hall–Kier alpha value is -0.610. The topological polar surface area (TPSA) is 77.8 Å². The number of aliphatic hydroxyl groups is 2. The second-order valence-corrected chi connectivity index (χ2v) is 6.92. The molecule has 0 fully saturated rings. The van der Waals surface area contributed by atoms with Gasteiger partial charge in [-0.1, -0.05) is 77.0 Å². The van der Waals surface area contributed by atoms with Crippen molar-refractivity contribution in [3.63, 3.8) is 0 Å². The van der Waals surface area contributed by atoms with Crippen LogP contribution in [0.4, 0.5) is 0 Å². The molecule has 0 spiro atoms. The Kier molecular flexibility index (Phi) is 15.8. The van der Waals surface area contributed by atoms with E-state index < -0.39 is 12.1 Å². The van der Waals surface area contributed by atoms with E-state index in [2.05, 4.69) is 0 Å². The molecule has 0 aromatic carbocycles. The molecule has 0 amide bonds. The molecule has 0 heterocycles. The SMILES string of the molecule is C[C@@H](O)CCCCCCCCCCCCCC[C@@H](O)CC(=O)O. The number of unbranched alkanes of at least 4 members (excludes halogenated alkanes) is 11. The van der Waals surface area contributed by atoms with E-state index in [4.69, 9.17) is 10.2 Å². The van der Waals surface area contributed by atoms with E-state index >= 15 is 0 Å². The third-order valence-electron chi connectivity index (χ3n) is 4.32. The van der Waals surface area contributed by atoms with Gasteiger partial charge in [-0.25, -0.2) is 0 Å². The molecule has 3 N–H and O–H groups in total. The van der Waals surface area contributed by atoms with Crippen LogP contribution < -0.4 is 0 Å². The Bertz CT molecular complexity index is 266. The molecule has 23 heavy (non-hydrogen) atoms. The van der Waals surface area contributed by atoms with Crippen LogP contribution in [0.3, 0.4) is 0 Å². The maximum atomic E-state index is 10.4. The van der Waals surface area contributed by atoms with Gasteiger partial charge in [-0.05, 0) is 19.8 Å². The third-order valence-corrected chi connectivity index (χ3v) is 4.32. The largest absolute Gasteiger partial charge is 0.481 e. The molecule has 0 aliphatic carbocycles. The van der Waals surface area contributed by atoms with Crippen LogP contribution in [0.5, 0.6) is 0 Å². The van der Waals surface area contributed by atoms with Crippen LogP contribution >= 0.6 is 0 Å². The Morgan fingerprint density at radius 3 is 1.39 bits per heavy atom. The van der Waals surface area contributed by atoms with Gasteiger partial charge in [-0.15, -0.1) is 0 Å². The zero-order chi connectivity index (χ0) is 17.3. The normalized spacial score (nSPS) is 13.9. The van der Waals surface area contributed by atoms with Crippen LogP contribution in [0.25, 0.3) is 0 Å². The molecule has 4 nitrogen and oxygen atoms in total. The molecular weight excluding hydrogens is 292 g/mol. The smallest absolute Gasteiger partial charge is 0.305 e. The summed E-state index contributed by atoms with van der Waals surface area (Å²) in [4.78, 5) is 10.4. The first-order valence-corrected chi connectivity index (χ1v) is 9.60. The summed E-state index contributed by atoms with van der Waals surface area (Å²) in [5, 5.41) is 27.1. The highest BCUT2D eigenvalue weighted by atomic mass is 16.4. The van der Waals surface area contributed by atoms with Crippen molar-refractivity contribution < 1.29 is 20.1 Å². The Balaban J connectivity index is 3.09. The highest BCUT2D eigenvalue weighted by molar-refractivity contribution is 5.67. The fraction of sp³-hybridized carbons (Fsp3) is 0.947. The standard InChI is InChI=1S/C19H38O4/c1-17(20)14-12-10-8-6-4-2-3-5-7-9-11-13-15-18(21)16-19(22)23/h17-18,20-21H,2-16H2,1H3,(H,22,23)/t17-,18-/m1/s1. The van der Waals surface area contributed by atoms with Gasteiger partial charge in [-0.3, -0.25) is 4.79 Å². The predicted octanol–water partition coefficient (Wildman–Crippen LogP) is 4.66. The molecule has 0 aromatic rings. The molecule has 0 bridgehead atoms. The van der Waals surface area contributed by atoms with Gasteiger partial charge in [0.1, 0.15) is 0 Å². The van der Waals surface area contributed by atoms with Crippen molar-refractivity contribution in [2.45, 2.75) is 115 Å². The van der Waals surface area contributed by atoms with Gasteiger partial charge in [0.2, 0.25) is 0 Å².